The Labute approximate surface area is 102 Å². The van der Waals surface area contributed by atoms with E-state index >= 15 is 0 Å². The highest BCUT2D eigenvalue weighted by atomic mass is 79.9. The predicted octanol–water partition coefficient (Wildman–Crippen LogP) is 4.02. The Kier molecular flexibility index (Phi) is 2.83. The van der Waals surface area contributed by atoms with E-state index in [9.17, 15) is 13.2 Å². The first-order chi connectivity index (χ1) is 7.37. The van der Waals surface area contributed by atoms with Crippen LogP contribution in [0.5, 0.6) is 0 Å². The summed E-state index contributed by atoms with van der Waals surface area (Å²) in [7, 11) is 0. The van der Waals surface area contributed by atoms with Gasteiger partial charge in [0.25, 0.3) is 0 Å². The van der Waals surface area contributed by atoms with E-state index in [1.54, 1.807) is 18.2 Å². The number of benzene rings is 1. The summed E-state index contributed by atoms with van der Waals surface area (Å²) in [5.41, 5.74) is 1.04. The Hall–Kier alpha value is -0.820. The number of rotatable bonds is 1. The number of H-pyrrole nitrogens is 1. The van der Waals surface area contributed by atoms with Crippen molar-refractivity contribution in [3.63, 3.8) is 0 Å². The van der Waals surface area contributed by atoms with E-state index < -0.39 is 12.7 Å². The number of fused-ring (bicyclic) bond motifs is 1. The zero-order valence-corrected chi connectivity index (χ0v) is 10.2. The second-order valence-electron chi connectivity index (χ2n) is 3.29. The first kappa shape index (κ1) is 11.7. The molecule has 0 unspecified atom stereocenters. The van der Waals surface area contributed by atoms with E-state index in [1.165, 1.54) is 0 Å². The lowest BCUT2D eigenvalue weighted by Gasteiger charge is -2.07. The summed E-state index contributed by atoms with van der Waals surface area (Å²) in [5, 5.41) is 0. The van der Waals surface area contributed by atoms with Gasteiger partial charge < -0.3 is 9.55 Å². The molecule has 0 saturated heterocycles. The van der Waals surface area contributed by atoms with Crippen molar-refractivity contribution in [1.82, 2.24) is 9.55 Å². The Bertz CT molecular complexity index is 584. The number of nitrogens with one attached hydrogen (secondary N) is 1. The van der Waals surface area contributed by atoms with Crippen LogP contribution in [0.3, 0.4) is 0 Å². The molecule has 1 aromatic heterocycles. The van der Waals surface area contributed by atoms with Crippen molar-refractivity contribution in [2.45, 2.75) is 12.7 Å². The van der Waals surface area contributed by atoms with Crippen LogP contribution in [0.25, 0.3) is 11.0 Å². The third-order valence-corrected chi connectivity index (χ3v) is 2.89. The average Bonchev–Trinajstić information content (AvgIpc) is 2.40. The summed E-state index contributed by atoms with van der Waals surface area (Å²) in [6.45, 7) is -1.08. The number of aromatic nitrogens is 2. The number of aromatic amines is 1. The molecule has 0 aliphatic heterocycles. The second kappa shape index (κ2) is 3.89. The van der Waals surface area contributed by atoms with Crippen LogP contribution in [0.4, 0.5) is 13.2 Å². The minimum absolute atomic E-state index is 0.0745. The molecule has 16 heavy (non-hydrogen) atoms. The lowest BCUT2D eigenvalue weighted by Crippen LogP contribution is -2.17. The molecule has 86 valence electrons. The fourth-order valence-corrected chi connectivity index (χ4v) is 2.11. The van der Waals surface area contributed by atoms with E-state index in [4.69, 9.17) is 12.2 Å². The van der Waals surface area contributed by atoms with Gasteiger partial charge in [-0.05, 0) is 30.4 Å². The average molecular weight is 311 g/mol. The lowest BCUT2D eigenvalue weighted by atomic mass is 10.3. The van der Waals surface area contributed by atoms with E-state index in [-0.39, 0.29) is 4.77 Å². The highest BCUT2D eigenvalue weighted by Gasteiger charge is 2.29. The molecule has 0 saturated carbocycles. The Balaban J connectivity index is 2.61. The minimum Gasteiger partial charge on any atom is -0.331 e. The largest absolute Gasteiger partial charge is 0.406 e. The van der Waals surface area contributed by atoms with Gasteiger partial charge in [-0.25, -0.2) is 0 Å². The smallest absolute Gasteiger partial charge is 0.331 e. The number of alkyl halides is 3. The fraction of sp³-hybridized carbons (Fsp3) is 0.222. The van der Waals surface area contributed by atoms with Gasteiger partial charge in [0.2, 0.25) is 0 Å². The van der Waals surface area contributed by atoms with Crippen molar-refractivity contribution < 1.29 is 13.2 Å². The van der Waals surface area contributed by atoms with Crippen molar-refractivity contribution in [2.75, 3.05) is 0 Å². The van der Waals surface area contributed by atoms with Crippen LogP contribution in [0.2, 0.25) is 0 Å². The third kappa shape index (κ3) is 2.30. The monoisotopic (exact) mass is 310 g/mol. The van der Waals surface area contributed by atoms with Crippen LogP contribution in [0.15, 0.2) is 22.7 Å². The van der Waals surface area contributed by atoms with Gasteiger partial charge in [0.1, 0.15) is 6.54 Å². The predicted molar refractivity (Wildman–Crippen MR) is 60.9 cm³/mol. The number of hydrogen-bond acceptors (Lipinski definition) is 1. The Morgan fingerprint density at radius 3 is 2.69 bits per heavy atom. The number of hydrogen-bond donors (Lipinski definition) is 1. The van der Waals surface area contributed by atoms with Crippen LogP contribution < -0.4 is 0 Å². The zero-order chi connectivity index (χ0) is 11.9. The Morgan fingerprint density at radius 2 is 2.06 bits per heavy atom. The maximum Gasteiger partial charge on any atom is 0.406 e. The molecule has 0 aliphatic carbocycles. The van der Waals surface area contributed by atoms with Crippen LogP contribution in [-0.2, 0) is 6.54 Å². The zero-order valence-electron chi connectivity index (χ0n) is 7.81. The standard InChI is InChI=1S/C9H6BrF3N2S/c10-5-1-2-7-6(3-5)14-8(16)15(7)4-9(11,12)13/h1-3H,4H2,(H,14,16). The summed E-state index contributed by atoms with van der Waals surface area (Å²) in [5.74, 6) is 0. The topological polar surface area (TPSA) is 20.7 Å². The van der Waals surface area contributed by atoms with E-state index in [2.05, 4.69) is 20.9 Å². The van der Waals surface area contributed by atoms with Gasteiger partial charge in [0, 0.05) is 4.47 Å². The highest BCUT2D eigenvalue weighted by molar-refractivity contribution is 9.10. The lowest BCUT2D eigenvalue weighted by molar-refractivity contribution is -0.140. The third-order valence-electron chi connectivity index (χ3n) is 2.07. The van der Waals surface area contributed by atoms with Crippen LogP contribution >= 0.6 is 28.1 Å². The van der Waals surface area contributed by atoms with Gasteiger partial charge in [-0.15, -0.1) is 0 Å². The molecule has 0 bridgehead atoms. The molecule has 1 aromatic carbocycles. The molecule has 2 nitrogen and oxygen atoms in total. The van der Waals surface area contributed by atoms with Gasteiger partial charge in [0.05, 0.1) is 11.0 Å². The first-order valence-electron chi connectivity index (χ1n) is 4.32. The molecule has 2 rings (SSSR count). The molecule has 2 aromatic rings. The van der Waals surface area contributed by atoms with Gasteiger partial charge in [-0.1, -0.05) is 15.9 Å². The van der Waals surface area contributed by atoms with E-state index in [0.29, 0.717) is 11.0 Å². The van der Waals surface area contributed by atoms with Crippen LogP contribution in [-0.4, -0.2) is 15.7 Å². The molecular formula is C9H6BrF3N2S. The van der Waals surface area contributed by atoms with Crippen molar-refractivity contribution in [3.8, 4) is 0 Å². The summed E-state index contributed by atoms with van der Waals surface area (Å²) in [6.07, 6.45) is -4.28. The van der Waals surface area contributed by atoms with Gasteiger partial charge in [0.15, 0.2) is 4.77 Å². The fourth-order valence-electron chi connectivity index (χ4n) is 1.47. The van der Waals surface area contributed by atoms with Gasteiger partial charge in [-0.3, -0.25) is 0 Å². The minimum atomic E-state index is -4.28. The molecule has 0 amide bonds. The maximum atomic E-state index is 12.3. The number of imidazole rings is 1. The van der Waals surface area contributed by atoms with Crippen LogP contribution in [0, 0.1) is 4.77 Å². The molecule has 7 heteroatoms. The molecule has 0 radical (unpaired) electrons. The maximum absolute atomic E-state index is 12.3. The molecule has 0 spiro atoms. The summed E-state index contributed by atoms with van der Waals surface area (Å²) in [4.78, 5) is 2.74. The highest BCUT2D eigenvalue weighted by Crippen LogP contribution is 2.24. The second-order valence-corrected chi connectivity index (χ2v) is 4.60. The molecule has 1 heterocycles. The Morgan fingerprint density at radius 1 is 1.38 bits per heavy atom. The van der Waals surface area contributed by atoms with Crippen molar-refractivity contribution in [3.05, 3.63) is 27.4 Å². The van der Waals surface area contributed by atoms with E-state index in [1.807, 2.05) is 0 Å². The quantitative estimate of drug-likeness (QED) is 0.789. The summed E-state index contributed by atoms with van der Waals surface area (Å²) >= 11 is 8.10. The van der Waals surface area contributed by atoms with Gasteiger partial charge >= 0.3 is 6.18 Å². The molecular weight excluding hydrogens is 305 g/mol. The molecule has 1 N–H and O–H groups in total. The number of nitrogens with zero attached hydrogens (tertiary/aromatic N) is 1. The summed E-state index contributed by atoms with van der Waals surface area (Å²) < 4.78 is 38.8. The van der Waals surface area contributed by atoms with E-state index in [0.717, 1.165) is 9.04 Å². The number of halogens is 4. The first-order valence-corrected chi connectivity index (χ1v) is 5.52. The SMILES string of the molecule is FC(F)(F)Cn1c(=S)[nH]c2cc(Br)ccc21. The normalized spacial score (nSPS) is 12.2. The summed E-state index contributed by atoms with van der Waals surface area (Å²) in [6, 6.07) is 4.97. The van der Waals surface area contributed by atoms with Crippen LogP contribution in [0.1, 0.15) is 0 Å². The van der Waals surface area contributed by atoms with Crippen molar-refractivity contribution in [2.24, 2.45) is 0 Å². The molecule has 0 atom stereocenters. The van der Waals surface area contributed by atoms with Gasteiger partial charge in [-0.2, -0.15) is 13.2 Å². The molecule has 0 aliphatic rings. The molecule has 0 fully saturated rings. The van der Waals surface area contributed by atoms with Crippen molar-refractivity contribution in [1.29, 1.82) is 0 Å². The van der Waals surface area contributed by atoms with Crippen molar-refractivity contribution >= 4 is 39.2 Å².